The summed E-state index contributed by atoms with van der Waals surface area (Å²) in [5.74, 6) is -1.61. The highest BCUT2D eigenvalue weighted by molar-refractivity contribution is 7.18. The third-order valence-corrected chi connectivity index (χ3v) is 3.25. The first-order chi connectivity index (χ1) is 7.41. The van der Waals surface area contributed by atoms with Crippen molar-refractivity contribution in [3.63, 3.8) is 0 Å². The Morgan fingerprint density at radius 1 is 1.44 bits per heavy atom. The van der Waals surface area contributed by atoms with Crippen molar-refractivity contribution in [2.24, 2.45) is 5.92 Å². The number of amides is 1. The second kappa shape index (κ2) is 5.32. The van der Waals surface area contributed by atoms with Crippen LogP contribution in [-0.2, 0) is 4.79 Å². The lowest BCUT2D eigenvalue weighted by Crippen LogP contribution is -2.44. The van der Waals surface area contributed by atoms with Gasteiger partial charge in [0.2, 0.25) is 0 Å². The summed E-state index contributed by atoms with van der Waals surface area (Å²) in [6.07, 6.45) is 0. The van der Waals surface area contributed by atoms with Crippen molar-refractivity contribution in [1.29, 1.82) is 0 Å². The van der Waals surface area contributed by atoms with Gasteiger partial charge in [0.05, 0.1) is 9.21 Å². The number of thiophene rings is 1. The lowest BCUT2D eigenvalue weighted by atomic mass is 10.0. The van der Waals surface area contributed by atoms with E-state index in [-0.39, 0.29) is 5.92 Å². The van der Waals surface area contributed by atoms with Gasteiger partial charge in [-0.2, -0.15) is 0 Å². The zero-order valence-corrected chi connectivity index (χ0v) is 10.4. The Bertz CT molecular complexity index is 403. The molecule has 1 amide bonds. The first kappa shape index (κ1) is 13.0. The highest BCUT2D eigenvalue weighted by atomic mass is 35.5. The molecule has 0 unspecified atom stereocenters. The second-order valence-corrected chi connectivity index (χ2v) is 5.35. The van der Waals surface area contributed by atoms with Crippen molar-refractivity contribution in [1.82, 2.24) is 5.32 Å². The van der Waals surface area contributed by atoms with Crippen LogP contribution in [0.4, 0.5) is 0 Å². The molecular formula is C10H12ClNO3S. The molecule has 2 N–H and O–H groups in total. The highest BCUT2D eigenvalue weighted by Gasteiger charge is 2.24. The minimum Gasteiger partial charge on any atom is -0.480 e. The monoisotopic (exact) mass is 261 g/mol. The first-order valence-corrected chi connectivity index (χ1v) is 5.90. The predicted molar refractivity (Wildman–Crippen MR) is 63.1 cm³/mol. The lowest BCUT2D eigenvalue weighted by Gasteiger charge is -2.17. The normalized spacial score (nSPS) is 12.5. The van der Waals surface area contributed by atoms with E-state index in [1.54, 1.807) is 26.0 Å². The predicted octanol–water partition coefficient (Wildman–Crippen LogP) is 2.24. The van der Waals surface area contributed by atoms with E-state index in [4.69, 9.17) is 16.7 Å². The summed E-state index contributed by atoms with van der Waals surface area (Å²) < 4.78 is 0.501. The molecule has 1 aromatic heterocycles. The zero-order chi connectivity index (χ0) is 12.3. The number of carbonyl (C=O) groups is 2. The number of halogens is 1. The molecule has 0 fully saturated rings. The molecule has 0 saturated carbocycles. The molecule has 0 radical (unpaired) electrons. The molecular weight excluding hydrogens is 250 g/mol. The second-order valence-electron chi connectivity index (χ2n) is 3.64. The molecule has 0 saturated heterocycles. The van der Waals surface area contributed by atoms with Gasteiger partial charge in [0.1, 0.15) is 6.04 Å². The quantitative estimate of drug-likeness (QED) is 0.874. The molecule has 1 rings (SSSR count). The van der Waals surface area contributed by atoms with Crippen LogP contribution in [0.5, 0.6) is 0 Å². The molecule has 0 spiro atoms. The lowest BCUT2D eigenvalue weighted by molar-refractivity contribution is -0.140. The van der Waals surface area contributed by atoms with Gasteiger partial charge >= 0.3 is 5.97 Å². The largest absolute Gasteiger partial charge is 0.480 e. The van der Waals surface area contributed by atoms with Crippen LogP contribution in [0.15, 0.2) is 12.1 Å². The van der Waals surface area contributed by atoms with E-state index in [9.17, 15) is 9.59 Å². The minimum absolute atomic E-state index is 0.170. The van der Waals surface area contributed by atoms with Gasteiger partial charge in [-0.05, 0) is 18.1 Å². The van der Waals surface area contributed by atoms with Crippen molar-refractivity contribution in [3.8, 4) is 0 Å². The molecule has 1 atom stereocenters. The summed E-state index contributed by atoms with van der Waals surface area (Å²) in [4.78, 5) is 22.9. The van der Waals surface area contributed by atoms with Crippen molar-refractivity contribution in [2.75, 3.05) is 0 Å². The molecule has 1 heterocycles. The van der Waals surface area contributed by atoms with Crippen molar-refractivity contribution >= 4 is 34.8 Å². The van der Waals surface area contributed by atoms with Crippen LogP contribution in [0.3, 0.4) is 0 Å². The first-order valence-electron chi connectivity index (χ1n) is 4.71. The number of carbonyl (C=O) groups excluding carboxylic acids is 1. The van der Waals surface area contributed by atoms with Gasteiger partial charge in [-0.3, -0.25) is 4.79 Å². The maximum atomic E-state index is 11.7. The summed E-state index contributed by atoms with van der Waals surface area (Å²) in [7, 11) is 0. The maximum Gasteiger partial charge on any atom is 0.326 e. The van der Waals surface area contributed by atoms with Gasteiger partial charge in [0.25, 0.3) is 5.91 Å². The van der Waals surface area contributed by atoms with E-state index in [1.165, 1.54) is 0 Å². The average Bonchev–Trinajstić information content (AvgIpc) is 2.59. The fourth-order valence-electron chi connectivity index (χ4n) is 1.16. The Kier molecular flexibility index (Phi) is 4.32. The fourth-order valence-corrected chi connectivity index (χ4v) is 2.11. The average molecular weight is 262 g/mol. The highest BCUT2D eigenvalue weighted by Crippen LogP contribution is 2.21. The van der Waals surface area contributed by atoms with Crippen LogP contribution in [-0.4, -0.2) is 23.0 Å². The Morgan fingerprint density at radius 2 is 2.06 bits per heavy atom. The molecule has 0 bridgehead atoms. The fraction of sp³-hybridized carbons (Fsp3) is 0.400. The van der Waals surface area contributed by atoms with Gasteiger partial charge in [0.15, 0.2) is 0 Å². The number of rotatable bonds is 4. The Hall–Kier alpha value is -1.07. The summed E-state index contributed by atoms with van der Waals surface area (Å²) in [5, 5.41) is 11.4. The third-order valence-electron chi connectivity index (χ3n) is 2.02. The van der Waals surface area contributed by atoms with Crippen LogP contribution in [0.1, 0.15) is 23.5 Å². The Labute approximate surface area is 102 Å². The molecule has 0 aromatic carbocycles. The van der Waals surface area contributed by atoms with Crippen molar-refractivity contribution in [2.45, 2.75) is 19.9 Å². The smallest absolute Gasteiger partial charge is 0.326 e. The molecule has 1 aromatic rings. The van der Waals surface area contributed by atoms with Crippen molar-refractivity contribution in [3.05, 3.63) is 21.3 Å². The number of nitrogens with one attached hydrogen (secondary N) is 1. The molecule has 88 valence electrons. The van der Waals surface area contributed by atoms with E-state index in [0.717, 1.165) is 11.3 Å². The van der Waals surface area contributed by atoms with Gasteiger partial charge in [-0.15, -0.1) is 11.3 Å². The van der Waals surface area contributed by atoms with Gasteiger partial charge < -0.3 is 10.4 Å². The van der Waals surface area contributed by atoms with Gasteiger partial charge in [-0.1, -0.05) is 25.4 Å². The molecule has 6 heteroatoms. The van der Waals surface area contributed by atoms with Gasteiger partial charge in [-0.25, -0.2) is 4.79 Å². The number of carboxylic acid groups (broad SMARTS) is 1. The van der Waals surface area contributed by atoms with E-state index in [0.29, 0.717) is 9.21 Å². The SMILES string of the molecule is CC(C)[C@@H](NC(=O)c1ccc(Cl)s1)C(=O)O. The van der Waals surface area contributed by atoms with Gasteiger partial charge in [0, 0.05) is 0 Å². The third kappa shape index (κ3) is 3.21. The molecule has 16 heavy (non-hydrogen) atoms. The van der Waals surface area contributed by atoms with E-state index >= 15 is 0 Å². The van der Waals surface area contributed by atoms with Crippen molar-refractivity contribution < 1.29 is 14.7 Å². The molecule has 0 aliphatic carbocycles. The minimum atomic E-state index is -1.04. The summed E-state index contributed by atoms with van der Waals surface area (Å²) in [6.45, 7) is 3.47. The standard InChI is InChI=1S/C10H12ClNO3S/c1-5(2)8(10(14)15)12-9(13)6-3-4-7(11)16-6/h3-5,8H,1-2H3,(H,12,13)(H,14,15)/t8-/m1/s1. The van der Waals surface area contributed by atoms with E-state index in [1.807, 2.05) is 0 Å². The molecule has 0 aliphatic heterocycles. The number of aliphatic carboxylic acids is 1. The number of hydrogen-bond donors (Lipinski definition) is 2. The summed E-state index contributed by atoms with van der Waals surface area (Å²) in [5.41, 5.74) is 0. The number of hydrogen-bond acceptors (Lipinski definition) is 3. The van der Waals surface area contributed by atoms with Crippen LogP contribution < -0.4 is 5.32 Å². The Morgan fingerprint density at radius 3 is 2.44 bits per heavy atom. The zero-order valence-electron chi connectivity index (χ0n) is 8.86. The summed E-state index contributed by atoms with van der Waals surface area (Å²) in [6, 6.07) is 2.29. The van der Waals surface area contributed by atoms with Crippen LogP contribution in [0.2, 0.25) is 4.34 Å². The molecule has 0 aliphatic rings. The Balaban J connectivity index is 2.73. The summed E-state index contributed by atoms with van der Waals surface area (Å²) >= 11 is 6.81. The van der Waals surface area contributed by atoms with Crippen LogP contribution >= 0.6 is 22.9 Å². The molecule has 4 nitrogen and oxygen atoms in total. The van der Waals surface area contributed by atoms with Crippen LogP contribution in [0, 0.1) is 5.92 Å². The van der Waals surface area contributed by atoms with Crippen LogP contribution in [0.25, 0.3) is 0 Å². The van der Waals surface area contributed by atoms with E-state index in [2.05, 4.69) is 5.32 Å². The topological polar surface area (TPSA) is 66.4 Å². The van der Waals surface area contributed by atoms with E-state index < -0.39 is 17.9 Å². The number of carboxylic acids is 1. The maximum absolute atomic E-state index is 11.7.